The van der Waals surface area contributed by atoms with Crippen LogP contribution in [0.5, 0.6) is 0 Å². The zero-order valence-corrected chi connectivity index (χ0v) is 13.5. The van der Waals surface area contributed by atoms with Crippen LogP contribution < -0.4 is 10.2 Å². The Balaban J connectivity index is 2.13. The maximum atomic E-state index is 5.64. The fourth-order valence-electron chi connectivity index (χ4n) is 2.45. The van der Waals surface area contributed by atoms with Crippen molar-refractivity contribution in [2.24, 2.45) is 0 Å². The summed E-state index contributed by atoms with van der Waals surface area (Å²) < 4.78 is 5.64. The Morgan fingerprint density at radius 1 is 1.19 bits per heavy atom. The number of benzene rings is 1. The smallest absolute Gasteiger partial charge is 0.122 e. The molecule has 114 valence electrons. The van der Waals surface area contributed by atoms with Crippen LogP contribution in [0.25, 0.3) is 0 Å². The van der Waals surface area contributed by atoms with Crippen LogP contribution in [0.1, 0.15) is 37.7 Å². The van der Waals surface area contributed by atoms with Crippen LogP contribution in [-0.2, 0) is 13.1 Å². The van der Waals surface area contributed by atoms with Gasteiger partial charge in [-0.3, -0.25) is 0 Å². The maximum absolute atomic E-state index is 5.64. The molecule has 2 rings (SSSR count). The molecule has 0 spiro atoms. The quantitative estimate of drug-likeness (QED) is 0.830. The van der Waals surface area contributed by atoms with E-state index in [0.717, 1.165) is 25.4 Å². The summed E-state index contributed by atoms with van der Waals surface area (Å²) in [4.78, 5) is 2.39. The van der Waals surface area contributed by atoms with Crippen LogP contribution in [0.2, 0.25) is 0 Å². The lowest BCUT2D eigenvalue weighted by Gasteiger charge is -2.25. The third-order valence-corrected chi connectivity index (χ3v) is 3.71. The predicted octanol–water partition coefficient (Wildman–Crippen LogP) is 4.11. The van der Waals surface area contributed by atoms with E-state index >= 15 is 0 Å². The van der Waals surface area contributed by atoms with Gasteiger partial charge >= 0.3 is 0 Å². The highest BCUT2D eigenvalue weighted by molar-refractivity contribution is 5.53. The van der Waals surface area contributed by atoms with E-state index in [2.05, 4.69) is 68.2 Å². The molecule has 0 bridgehead atoms. The van der Waals surface area contributed by atoms with Gasteiger partial charge in [0.25, 0.3) is 0 Å². The van der Waals surface area contributed by atoms with E-state index in [1.807, 2.05) is 0 Å². The summed E-state index contributed by atoms with van der Waals surface area (Å²) in [5.41, 5.74) is 3.86. The minimum atomic E-state index is 0.460. The van der Waals surface area contributed by atoms with E-state index in [1.165, 1.54) is 16.8 Å². The highest BCUT2D eigenvalue weighted by atomic mass is 16.3. The summed E-state index contributed by atoms with van der Waals surface area (Å²) in [6.45, 7) is 11.3. The van der Waals surface area contributed by atoms with Crippen molar-refractivity contribution < 1.29 is 4.42 Å². The molecule has 1 N–H and O–H groups in total. The first-order valence-corrected chi connectivity index (χ1v) is 7.71. The normalized spacial score (nSPS) is 11.1. The van der Waals surface area contributed by atoms with Gasteiger partial charge in [-0.05, 0) is 31.5 Å². The number of aryl methyl sites for hydroxylation is 1. The lowest BCUT2D eigenvalue weighted by atomic mass is 10.1. The highest BCUT2D eigenvalue weighted by Crippen LogP contribution is 2.23. The van der Waals surface area contributed by atoms with Crippen LogP contribution in [0.3, 0.4) is 0 Å². The Labute approximate surface area is 128 Å². The standard InChI is InChI=1S/C18H26N2O/c1-5-20(17-9-7-6-8-15(17)4)13-16-10-11-21-18(16)12-19-14(2)3/h6-11,14,19H,5,12-13H2,1-4H3. The van der Waals surface area contributed by atoms with Crippen molar-refractivity contribution in [1.29, 1.82) is 0 Å². The van der Waals surface area contributed by atoms with Gasteiger partial charge in [0.2, 0.25) is 0 Å². The van der Waals surface area contributed by atoms with Crippen molar-refractivity contribution in [3.05, 3.63) is 53.5 Å². The second kappa shape index (κ2) is 7.32. The molecule has 21 heavy (non-hydrogen) atoms. The summed E-state index contributed by atoms with van der Waals surface area (Å²) in [6, 6.07) is 11.1. The van der Waals surface area contributed by atoms with Crippen LogP contribution in [0, 0.1) is 6.92 Å². The van der Waals surface area contributed by atoms with Crippen molar-refractivity contribution in [3.8, 4) is 0 Å². The number of hydrogen-bond donors (Lipinski definition) is 1. The second-order valence-corrected chi connectivity index (χ2v) is 5.71. The molecule has 0 fully saturated rings. The first-order valence-electron chi connectivity index (χ1n) is 7.71. The summed E-state index contributed by atoms with van der Waals surface area (Å²) in [7, 11) is 0. The topological polar surface area (TPSA) is 28.4 Å². The van der Waals surface area contributed by atoms with E-state index in [9.17, 15) is 0 Å². The average Bonchev–Trinajstić information content (AvgIpc) is 2.90. The third kappa shape index (κ3) is 4.11. The van der Waals surface area contributed by atoms with Crippen molar-refractivity contribution in [2.45, 2.75) is 46.8 Å². The fourth-order valence-corrected chi connectivity index (χ4v) is 2.45. The van der Waals surface area contributed by atoms with Crippen molar-refractivity contribution in [3.63, 3.8) is 0 Å². The SMILES string of the molecule is CCN(Cc1ccoc1CNC(C)C)c1ccccc1C. The van der Waals surface area contributed by atoms with Gasteiger partial charge in [-0.2, -0.15) is 0 Å². The van der Waals surface area contributed by atoms with E-state index < -0.39 is 0 Å². The lowest BCUT2D eigenvalue weighted by Crippen LogP contribution is -2.25. The molecule has 3 heteroatoms. The van der Waals surface area contributed by atoms with Gasteiger partial charge in [0.1, 0.15) is 5.76 Å². The molecule has 0 amide bonds. The minimum Gasteiger partial charge on any atom is -0.468 e. The average molecular weight is 286 g/mol. The molecule has 0 aliphatic carbocycles. The van der Waals surface area contributed by atoms with Crippen molar-refractivity contribution >= 4 is 5.69 Å². The van der Waals surface area contributed by atoms with Crippen LogP contribution in [-0.4, -0.2) is 12.6 Å². The van der Waals surface area contributed by atoms with Crippen LogP contribution in [0.15, 0.2) is 41.0 Å². The van der Waals surface area contributed by atoms with Crippen LogP contribution in [0.4, 0.5) is 5.69 Å². The van der Waals surface area contributed by atoms with Gasteiger partial charge in [0, 0.05) is 30.4 Å². The summed E-state index contributed by atoms with van der Waals surface area (Å²) >= 11 is 0. The summed E-state index contributed by atoms with van der Waals surface area (Å²) in [5.74, 6) is 1.04. The second-order valence-electron chi connectivity index (χ2n) is 5.71. The number of hydrogen-bond acceptors (Lipinski definition) is 3. The van der Waals surface area contributed by atoms with Crippen LogP contribution >= 0.6 is 0 Å². The summed E-state index contributed by atoms with van der Waals surface area (Å²) in [6.07, 6.45) is 1.79. The van der Waals surface area contributed by atoms with Gasteiger partial charge in [-0.1, -0.05) is 32.0 Å². The number of anilines is 1. The Bertz CT molecular complexity index is 560. The molecule has 1 aromatic heterocycles. The molecule has 0 saturated heterocycles. The number of nitrogens with one attached hydrogen (secondary N) is 1. The van der Waals surface area contributed by atoms with E-state index in [1.54, 1.807) is 6.26 Å². The predicted molar refractivity (Wildman–Crippen MR) is 88.6 cm³/mol. The van der Waals surface area contributed by atoms with Gasteiger partial charge in [-0.25, -0.2) is 0 Å². The molecule has 1 heterocycles. The number of para-hydroxylation sites is 1. The fraction of sp³-hybridized carbons (Fsp3) is 0.444. The number of rotatable bonds is 7. The molecule has 0 aliphatic rings. The van der Waals surface area contributed by atoms with Gasteiger partial charge in [0.15, 0.2) is 0 Å². The molecule has 2 aromatic rings. The van der Waals surface area contributed by atoms with Gasteiger partial charge < -0.3 is 14.6 Å². The van der Waals surface area contributed by atoms with Crippen molar-refractivity contribution in [1.82, 2.24) is 5.32 Å². The molecule has 0 unspecified atom stereocenters. The van der Waals surface area contributed by atoms with E-state index in [0.29, 0.717) is 6.04 Å². The molecule has 1 aromatic carbocycles. The molecular weight excluding hydrogens is 260 g/mol. The third-order valence-electron chi connectivity index (χ3n) is 3.71. The Kier molecular flexibility index (Phi) is 5.45. The Hall–Kier alpha value is -1.74. The Morgan fingerprint density at radius 2 is 1.95 bits per heavy atom. The monoisotopic (exact) mass is 286 g/mol. The molecule has 0 atom stereocenters. The van der Waals surface area contributed by atoms with Crippen molar-refractivity contribution in [2.75, 3.05) is 11.4 Å². The van der Waals surface area contributed by atoms with E-state index in [4.69, 9.17) is 4.42 Å². The molecule has 0 aliphatic heterocycles. The zero-order valence-electron chi connectivity index (χ0n) is 13.5. The first-order chi connectivity index (χ1) is 10.1. The molecule has 0 radical (unpaired) electrons. The first kappa shape index (κ1) is 15.6. The largest absolute Gasteiger partial charge is 0.468 e. The van der Waals surface area contributed by atoms with Gasteiger partial charge in [-0.15, -0.1) is 0 Å². The Morgan fingerprint density at radius 3 is 2.62 bits per heavy atom. The summed E-state index contributed by atoms with van der Waals surface area (Å²) in [5, 5.41) is 3.42. The number of nitrogens with zero attached hydrogens (tertiary/aromatic N) is 1. The van der Waals surface area contributed by atoms with E-state index in [-0.39, 0.29) is 0 Å². The minimum absolute atomic E-state index is 0.460. The number of furan rings is 1. The molecule has 0 saturated carbocycles. The maximum Gasteiger partial charge on any atom is 0.122 e. The van der Waals surface area contributed by atoms with Gasteiger partial charge in [0.05, 0.1) is 12.8 Å². The molecule has 3 nitrogen and oxygen atoms in total. The highest BCUT2D eigenvalue weighted by Gasteiger charge is 2.12. The zero-order chi connectivity index (χ0) is 15.2. The lowest BCUT2D eigenvalue weighted by molar-refractivity contribution is 0.460. The molecular formula is C18H26N2O.